The smallest absolute Gasteiger partial charge is 0.253 e. The molecule has 3 aliphatic heterocycles. The summed E-state index contributed by atoms with van der Waals surface area (Å²) >= 11 is 0. The summed E-state index contributed by atoms with van der Waals surface area (Å²) in [6, 6.07) is 11.3. The highest BCUT2D eigenvalue weighted by Crippen LogP contribution is 2.49. The van der Waals surface area contributed by atoms with Crippen molar-refractivity contribution in [1.29, 1.82) is 0 Å². The van der Waals surface area contributed by atoms with Crippen molar-refractivity contribution in [1.82, 2.24) is 15.5 Å². The molecule has 0 unspecified atom stereocenters. The predicted octanol–water partition coefficient (Wildman–Crippen LogP) is 6.10. The standard InChI is InChI=1S/C40H55N5O4/c1-10-45(31-13-19-49-20-14-31)35-23-30(21-32(28(35)8)37(46)41-24-33(25(2)3)38(47)42-26(4)5)29-11-12-34-36(22-29)43(9)39(48)40(34)15-17-44(18-16-40)27(6)7/h11-12,21-23,27,31H,4,10,13-20,24H2,1-3,5-9H3,(H,41,46)(H,42,47). The molecule has 1 spiro atoms. The molecule has 5 rings (SSSR count). The van der Waals surface area contributed by atoms with E-state index in [2.05, 4.69) is 72.0 Å². The Balaban J connectivity index is 1.54. The van der Waals surface area contributed by atoms with Gasteiger partial charge in [0.15, 0.2) is 0 Å². The topological polar surface area (TPSA) is 94.2 Å². The van der Waals surface area contributed by atoms with Crippen molar-refractivity contribution in [2.75, 3.05) is 56.2 Å². The zero-order chi connectivity index (χ0) is 35.6. The van der Waals surface area contributed by atoms with Gasteiger partial charge in [-0.25, -0.2) is 0 Å². The first kappa shape index (κ1) is 36.3. The second-order valence-electron chi connectivity index (χ2n) is 14.5. The van der Waals surface area contributed by atoms with Crippen LogP contribution in [0.1, 0.15) is 88.7 Å². The van der Waals surface area contributed by atoms with E-state index in [0.717, 1.165) is 84.5 Å². The lowest BCUT2D eigenvalue weighted by molar-refractivity contribution is -0.124. The molecular weight excluding hydrogens is 614 g/mol. The third-order valence-corrected chi connectivity index (χ3v) is 10.8. The van der Waals surface area contributed by atoms with Gasteiger partial charge in [0.05, 0.1) is 5.41 Å². The number of anilines is 2. The molecular formula is C40H55N5O4. The van der Waals surface area contributed by atoms with Gasteiger partial charge < -0.3 is 30.1 Å². The molecule has 3 amide bonds. The predicted molar refractivity (Wildman–Crippen MR) is 198 cm³/mol. The van der Waals surface area contributed by atoms with Crippen LogP contribution in [0.2, 0.25) is 0 Å². The summed E-state index contributed by atoms with van der Waals surface area (Å²) < 4.78 is 5.69. The Labute approximate surface area is 292 Å². The largest absolute Gasteiger partial charge is 0.381 e. The summed E-state index contributed by atoms with van der Waals surface area (Å²) in [5.41, 5.74) is 7.79. The highest BCUT2D eigenvalue weighted by Gasteiger charge is 2.51. The number of hydrogen-bond acceptors (Lipinski definition) is 6. The lowest BCUT2D eigenvalue weighted by Crippen LogP contribution is -2.49. The van der Waals surface area contributed by atoms with Crippen LogP contribution >= 0.6 is 0 Å². The van der Waals surface area contributed by atoms with Gasteiger partial charge in [0.2, 0.25) is 5.91 Å². The Hall–Kier alpha value is -3.95. The number of allylic oxidation sites excluding steroid dienone is 2. The molecule has 0 atom stereocenters. The molecule has 0 radical (unpaired) electrons. The molecule has 2 aromatic carbocycles. The summed E-state index contributed by atoms with van der Waals surface area (Å²) in [4.78, 5) is 47.5. The van der Waals surface area contributed by atoms with Crippen molar-refractivity contribution >= 4 is 29.1 Å². The van der Waals surface area contributed by atoms with Crippen LogP contribution in [0.25, 0.3) is 11.1 Å². The molecule has 9 heteroatoms. The fraction of sp³-hybridized carbons (Fsp3) is 0.525. The quantitative estimate of drug-likeness (QED) is 0.297. The number of likely N-dealkylation sites (N-methyl/N-ethyl adjacent to an activating group) is 1. The first-order chi connectivity index (χ1) is 23.3. The number of carbonyl (C=O) groups excluding carboxylic acids is 3. The molecule has 2 N–H and O–H groups in total. The van der Waals surface area contributed by atoms with E-state index in [4.69, 9.17) is 4.74 Å². The van der Waals surface area contributed by atoms with E-state index in [1.807, 2.05) is 38.8 Å². The van der Waals surface area contributed by atoms with Crippen molar-refractivity contribution < 1.29 is 19.1 Å². The number of fused-ring (bicyclic) bond motifs is 2. The fourth-order valence-electron chi connectivity index (χ4n) is 7.88. The number of ether oxygens (including phenoxy) is 1. The number of likely N-dealkylation sites (tertiary alicyclic amines) is 1. The molecule has 3 heterocycles. The van der Waals surface area contributed by atoms with Crippen molar-refractivity contribution in [2.24, 2.45) is 0 Å². The molecule has 0 saturated carbocycles. The minimum absolute atomic E-state index is 0.0960. The maximum Gasteiger partial charge on any atom is 0.253 e. The van der Waals surface area contributed by atoms with E-state index >= 15 is 0 Å². The summed E-state index contributed by atoms with van der Waals surface area (Å²) in [5.74, 6) is -0.329. The molecule has 2 fully saturated rings. The maximum absolute atomic E-state index is 14.0. The van der Waals surface area contributed by atoms with Gasteiger partial charge in [-0.3, -0.25) is 14.4 Å². The normalized spacial score (nSPS) is 17.7. The Kier molecular flexibility index (Phi) is 11.0. The highest BCUT2D eigenvalue weighted by molar-refractivity contribution is 6.08. The lowest BCUT2D eigenvalue weighted by atomic mass is 9.73. The summed E-state index contributed by atoms with van der Waals surface area (Å²) in [6.07, 6.45) is 3.47. The fourth-order valence-corrected chi connectivity index (χ4v) is 7.88. The van der Waals surface area contributed by atoms with Gasteiger partial charge >= 0.3 is 0 Å². The van der Waals surface area contributed by atoms with Crippen molar-refractivity contribution in [3.63, 3.8) is 0 Å². The number of benzene rings is 2. The van der Waals surface area contributed by atoms with E-state index < -0.39 is 5.41 Å². The number of nitrogens with one attached hydrogen (secondary N) is 2. The average Bonchev–Trinajstić information content (AvgIpc) is 3.27. The second-order valence-corrected chi connectivity index (χ2v) is 14.5. The van der Waals surface area contributed by atoms with Crippen LogP contribution in [0, 0.1) is 6.92 Å². The molecule has 0 aromatic heterocycles. The SMILES string of the molecule is C=C(C)NC(=O)C(CNC(=O)c1cc(-c2ccc3c(c2)N(C)C(=O)C32CCN(C(C)C)CC2)cc(N(CC)C2CCOCC2)c1C)=C(C)C. The molecule has 2 saturated heterocycles. The van der Waals surface area contributed by atoms with Crippen LogP contribution in [0.5, 0.6) is 0 Å². The number of hydrogen-bond donors (Lipinski definition) is 2. The van der Waals surface area contributed by atoms with Gasteiger partial charge in [0, 0.05) is 73.6 Å². The van der Waals surface area contributed by atoms with Gasteiger partial charge in [-0.2, -0.15) is 0 Å². The zero-order valence-corrected chi connectivity index (χ0v) is 30.8. The van der Waals surface area contributed by atoms with E-state index in [9.17, 15) is 14.4 Å². The van der Waals surface area contributed by atoms with E-state index in [0.29, 0.717) is 42.1 Å². The average molecular weight is 670 g/mol. The van der Waals surface area contributed by atoms with Gasteiger partial charge in [-0.05, 0) is 128 Å². The first-order valence-electron chi connectivity index (χ1n) is 17.9. The van der Waals surface area contributed by atoms with Crippen LogP contribution in [-0.2, 0) is 19.7 Å². The molecule has 49 heavy (non-hydrogen) atoms. The molecule has 0 bridgehead atoms. The van der Waals surface area contributed by atoms with Gasteiger partial charge in [0.25, 0.3) is 11.8 Å². The number of amides is 3. The van der Waals surface area contributed by atoms with E-state index in [1.165, 1.54) is 0 Å². The van der Waals surface area contributed by atoms with Crippen LogP contribution in [-0.4, -0.2) is 81.1 Å². The Morgan fingerprint density at radius 1 is 1.06 bits per heavy atom. The van der Waals surface area contributed by atoms with E-state index in [1.54, 1.807) is 6.92 Å². The summed E-state index contributed by atoms with van der Waals surface area (Å²) in [6.45, 7) is 22.0. The third-order valence-electron chi connectivity index (χ3n) is 10.8. The Bertz CT molecular complexity index is 1640. The molecule has 3 aliphatic rings. The monoisotopic (exact) mass is 669 g/mol. The maximum atomic E-state index is 14.0. The Morgan fingerprint density at radius 3 is 2.33 bits per heavy atom. The number of carbonyl (C=O) groups is 3. The van der Waals surface area contributed by atoms with Crippen molar-refractivity contribution in [3.8, 4) is 11.1 Å². The molecule has 0 aliphatic carbocycles. The minimum Gasteiger partial charge on any atom is -0.381 e. The third kappa shape index (κ3) is 7.19. The summed E-state index contributed by atoms with van der Waals surface area (Å²) in [5, 5.41) is 5.80. The van der Waals surface area contributed by atoms with Gasteiger partial charge in [0.1, 0.15) is 0 Å². The zero-order valence-electron chi connectivity index (χ0n) is 30.8. The van der Waals surface area contributed by atoms with E-state index in [-0.39, 0.29) is 24.3 Å². The van der Waals surface area contributed by atoms with Gasteiger partial charge in [-0.15, -0.1) is 0 Å². The van der Waals surface area contributed by atoms with Crippen LogP contribution in [0.3, 0.4) is 0 Å². The van der Waals surface area contributed by atoms with Crippen LogP contribution in [0.4, 0.5) is 11.4 Å². The van der Waals surface area contributed by atoms with Crippen LogP contribution in [0.15, 0.2) is 53.8 Å². The van der Waals surface area contributed by atoms with Crippen molar-refractivity contribution in [3.05, 3.63) is 70.4 Å². The molecule has 9 nitrogen and oxygen atoms in total. The Morgan fingerprint density at radius 2 is 1.73 bits per heavy atom. The van der Waals surface area contributed by atoms with Crippen molar-refractivity contribution in [2.45, 2.75) is 91.6 Å². The number of nitrogens with zero attached hydrogens (tertiary/aromatic N) is 3. The number of piperidine rings is 1. The first-order valence-corrected chi connectivity index (χ1v) is 17.9. The van der Waals surface area contributed by atoms with Gasteiger partial charge in [-0.1, -0.05) is 24.3 Å². The molecule has 2 aromatic rings. The molecule has 264 valence electrons. The second kappa shape index (κ2) is 14.9. The minimum atomic E-state index is -0.487. The lowest BCUT2D eigenvalue weighted by Gasteiger charge is -2.40. The summed E-state index contributed by atoms with van der Waals surface area (Å²) in [7, 11) is 1.89. The van der Waals surface area contributed by atoms with Crippen LogP contribution < -0.4 is 20.4 Å². The number of rotatable bonds is 10. The highest BCUT2D eigenvalue weighted by atomic mass is 16.5.